The van der Waals surface area contributed by atoms with Crippen LogP contribution in [0.4, 0.5) is 5.69 Å². The number of amides is 2. The van der Waals surface area contributed by atoms with Crippen molar-refractivity contribution in [2.75, 3.05) is 19.0 Å². The molecule has 1 aliphatic heterocycles. The van der Waals surface area contributed by atoms with E-state index in [1.54, 1.807) is 19.2 Å². The van der Waals surface area contributed by atoms with Gasteiger partial charge in [-0.15, -0.1) is 0 Å². The Morgan fingerprint density at radius 1 is 1.04 bits per heavy atom. The van der Waals surface area contributed by atoms with Crippen LogP contribution < -0.4 is 15.8 Å². The molecule has 8 rings (SSSR count). The molecule has 12 nitrogen and oxygen atoms in total. The standard InChI is InChI=1S/C36H37N7O5/c1-18(44)38-26-10-6-20(12-24(26)36(46)47)25-9-7-21-14-29(42(33(21)39-25)16-19-4-5-19)34-40-27-13-23(15-30(48-3)32(27)41(34)2)35(45)43-17-22-8-11-28(43)31(22)37/h6-7,9-10,12-15,19,22,28,31H,4-5,8,11,16-17,37H2,1-3H3,(H,38,44)(H,46,47)/t22-,28-,31-/m1/s1. The second kappa shape index (κ2) is 11.2. The zero-order valence-corrected chi connectivity index (χ0v) is 27.1. The summed E-state index contributed by atoms with van der Waals surface area (Å²) in [5.74, 6) is 0.656. The first-order chi connectivity index (χ1) is 23.1. The largest absolute Gasteiger partial charge is 0.494 e. The first-order valence-corrected chi connectivity index (χ1v) is 16.4. The highest BCUT2D eigenvalue weighted by Gasteiger charge is 2.47. The molecule has 2 amide bonds. The van der Waals surface area contributed by atoms with Gasteiger partial charge in [0.05, 0.1) is 35.3 Å². The number of pyridine rings is 1. The minimum absolute atomic E-state index is 0.00905. The number of piperidine rings is 1. The van der Waals surface area contributed by atoms with Crippen LogP contribution in [0.5, 0.6) is 5.75 Å². The molecule has 0 radical (unpaired) electrons. The van der Waals surface area contributed by atoms with E-state index in [4.69, 9.17) is 20.4 Å². The van der Waals surface area contributed by atoms with Gasteiger partial charge in [-0.1, -0.05) is 6.07 Å². The van der Waals surface area contributed by atoms with Gasteiger partial charge < -0.3 is 34.9 Å². The van der Waals surface area contributed by atoms with E-state index in [1.165, 1.54) is 13.0 Å². The molecular weight excluding hydrogens is 610 g/mol. The van der Waals surface area contributed by atoms with Crippen molar-refractivity contribution >= 4 is 45.5 Å². The summed E-state index contributed by atoms with van der Waals surface area (Å²) in [7, 11) is 3.56. The van der Waals surface area contributed by atoms with Crippen LogP contribution >= 0.6 is 0 Å². The molecule has 5 aromatic rings. The number of aromatic carboxylic acids is 1. The normalized spacial score (nSPS) is 20.2. The average molecular weight is 648 g/mol. The summed E-state index contributed by atoms with van der Waals surface area (Å²) in [6.07, 6.45) is 4.28. The van der Waals surface area contributed by atoms with Gasteiger partial charge >= 0.3 is 5.97 Å². The maximum Gasteiger partial charge on any atom is 0.337 e. The number of carbonyl (C=O) groups excluding carboxylic acids is 2. The Balaban J connectivity index is 1.22. The Kier molecular flexibility index (Phi) is 7.02. The Morgan fingerprint density at radius 3 is 2.52 bits per heavy atom. The van der Waals surface area contributed by atoms with Gasteiger partial charge in [0.2, 0.25) is 5.91 Å². The number of ether oxygens (including phenoxy) is 1. The van der Waals surface area contributed by atoms with Crippen molar-refractivity contribution in [1.29, 1.82) is 0 Å². The molecule has 1 saturated heterocycles. The number of carboxylic acid groups (broad SMARTS) is 1. The number of hydrogen-bond donors (Lipinski definition) is 3. The molecule has 3 aliphatic rings. The number of likely N-dealkylation sites (tertiary alicyclic amines) is 1. The lowest BCUT2D eigenvalue weighted by Crippen LogP contribution is -2.41. The third-order valence-corrected chi connectivity index (χ3v) is 10.3. The number of benzene rings is 2. The molecule has 4 heterocycles. The fourth-order valence-corrected chi connectivity index (χ4v) is 7.66. The Morgan fingerprint density at radius 2 is 1.85 bits per heavy atom. The molecule has 3 atom stereocenters. The van der Waals surface area contributed by atoms with Crippen molar-refractivity contribution in [3.05, 3.63) is 59.7 Å². The van der Waals surface area contributed by atoms with E-state index in [9.17, 15) is 19.5 Å². The summed E-state index contributed by atoms with van der Waals surface area (Å²) in [5, 5.41) is 13.4. The number of aromatic nitrogens is 4. The molecule has 12 heteroatoms. The second-order valence-corrected chi connectivity index (χ2v) is 13.4. The summed E-state index contributed by atoms with van der Waals surface area (Å²) in [6.45, 7) is 2.79. The van der Waals surface area contributed by atoms with Gasteiger partial charge in [0, 0.05) is 55.7 Å². The lowest BCUT2D eigenvalue weighted by molar-refractivity contribution is -0.114. The summed E-state index contributed by atoms with van der Waals surface area (Å²) < 4.78 is 10.0. The van der Waals surface area contributed by atoms with Gasteiger partial charge in [-0.2, -0.15) is 0 Å². The highest BCUT2D eigenvalue weighted by atomic mass is 16.5. The molecule has 0 spiro atoms. The molecule has 2 saturated carbocycles. The molecule has 2 aromatic carbocycles. The maximum absolute atomic E-state index is 13.7. The van der Waals surface area contributed by atoms with Crippen LogP contribution in [-0.2, 0) is 18.4 Å². The maximum atomic E-state index is 13.7. The summed E-state index contributed by atoms with van der Waals surface area (Å²) in [4.78, 5) is 49.5. The van der Waals surface area contributed by atoms with Crippen molar-refractivity contribution in [2.45, 2.75) is 51.2 Å². The third-order valence-electron chi connectivity index (χ3n) is 10.3. The van der Waals surface area contributed by atoms with Gasteiger partial charge in [-0.25, -0.2) is 14.8 Å². The zero-order valence-electron chi connectivity index (χ0n) is 27.1. The number of carboxylic acids is 1. The number of nitrogens with two attached hydrogens (primary N) is 1. The molecule has 246 valence electrons. The van der Waals surface area contributed by atoms with E-state index in [0.29, 0.717) is 46.5 Å². The molecule has 2 aliphatic carbocycles. The number of fused-ring (bicyclic) bond motifs is 4. The SMILES string of the molecule is COc1cc(C(=O)N2C[C@H]3CC[C@@H]2[C@@H]3N)cc2nc(-c3cc4ccc(-c5ccc(NC(C)=O)c(C(=O)O)c5)nc4n3CC3CC3)n(C)c12. The lowest BCUT2D eigenvalue weighted by atomic mass is 10.0. The molecule has 2 bridgehead atoms. The predicted octanol–water partition coefficient (Wildman–Crippen LogP) is 4.89. The minimum Gasteiger partial charge on any atom is -0.494 e. The quantitative estimate of drug-likeness (QED) is 0.215. The topological polar surface area (TPSA) is 158 Å². The Bertz CT molecular complexity index is 2160. The number of imidazole rings is 1. The highest BCUT2D eigenvalue weighted by Crippen LogP contribution is 2.40. The number of aryl methyl sites for hydroxylation is 1. The van der Waals surface area contributed by atoms with Gasteiger partial charge in [0.15, 0.2) is 5.82 Å². The number of nitrogens with one attached hydrogen (secondary N) is 1. The van der Waals surface area contributed by atoms with E-state index in [-0.39, 0.29) is 35.1 Å². The van der Waals surface area contributed by atoms with Crippen LogP contribution in [-0.4, -0.2) is 72.6 Å². The van der Waals surface area contributed by atoms with Crippen LogP contribution in [0, 0.1) is 11.8 Å². The highest BCUT2D eigenvalue weighted by molar-refractivity contribution is 6.02. The van der Waals surface area contributed by atoms with Gasteiger partial charge in [-0.05, 0) is 80.0 Å². The number of carbonyl (C=O) groups is 3. The van der Waals surface area contributed by atoms with Crippen LogP contribution in [0.3, 0.4) is 0 Å². The molecule has 3 fully saturated rings. The monoisotopic (exact) mass is 647 g/mol. The summed E-state index contributed by atoms with van der Waals surface area (Å²) in [5.41, 5.74) is 11.5. The van der Waals surface area contributed by atoms with Crippen molar-refractivity contribution in [2.24, 2.45) is 24.6 Å². The fourth-order valence-electron chi connectivity index (χ4n) is 7.66. The zero-order chi connectivity index (χ0) is 33.4. The Hall–Kier alpha value is -5.23. The second-order valence-electron chi connectivity index (χ2n) is 13.4. The van der Waals surface area contributed by atoms with Crippen LogP contribution in [0.1, 0.15) is 53.3 Å². The van der Waals surface area contributed by atoms with Crippen molar-refractivity contribution in [3.8, 4) is 28.5 Å². The van der Waals surface area contributed by atoms with Gasteiger partial charge in [-0.3, -0.25) is 9.59 Å². The first-order valence-electron chi connectivity index (χ1n) is 16.4. The van der Waals surface area contributed by atoms with Crippen LogP contribution in [0.25, 0.3) is 44.8 Å². The van der Waals surface area contributed by atoms with Gasteiger partial charge in [0.1, 0.15) is 16.9 Å². The van der Waals surface area contributed by atoms with Crippen molar-refractivity contribution in [3.63, 3.8) is 0 Å². The molecule has 3 aromatic heterocycles. The van der Waals surface area contributed by atoms with Crippen LogP contribution in [0.15, 0.2) is 48.5 Å². The van der Waals surface area contributed by atoms with Crippen molar-refractivity contribution < 1.29 is 24.2 Å². The summed E-state index contributed by atoms with van der Waals surface area (Å²) >= 11 is 0. The number of hydrogen-bond acceptors (Lipinski definition) is 7. The van der Waals surface area contributed by atoms with E-state index in [1.807, 2.05) is 40.8 Å². The molecule has 48 heavy (non-hydrogen) atoms. The summed E-state index contributed by atoms with van der Waals surface area (Å²) in [6, 6.07) is 14.6. The number of methoxy groups -OCH3 is 1. The number of nitrogens with zero attached hydrogens (tertiary/aromatic N) is 5. The third kappa shape index (κ3) is 4.90. The Labute approximate surface area is 276 Å². The average Bonchev–Trinajstić information content (AvgIpc) is 3.47. The fraction of sp³-hybridized carbons (Fsp3) is 0.361. The van der Waals surface area contributed by atoms with Crippen molar-refractivity contribution in [1.82, 2.24) is 24.0 Å². The molecule has 4 N–H and O–H groups in total. The molecular formula is C36H37N7O5. The van der Waals surface area contributed by atoms with E-state index in [0.717, 1.165) is 60.3 Å². The smallest absolute Gasteiger partial charge is 0.337 e. The van der Waals surface area contributed by atoms with E-state index in [2.05, 4.69) is 16.0 Å². The van der Waals surface area contributed by atoms with Gasteiger partial charge in [0.25, 0.3) is 5.91 Å². The van der Waals surface area contributed by atoms with Crippen LogP contribution in [0.2, 0.25) is 0 Å². The minimum atomic E-state index is -1.14. The number of anilines is 1. The molecule has 0 unspecified atom stereocenters. The predicted molar refractivity (Wildman–Crippen MR) is 181 cm³/mol. The lowest BCUT2D eigenvalue weighted by Gasteiger charge is -2.27. The first kappa shape index (κ1) is 30.1. The number of rotatable bonds is 8. The van der Waals surface area contributed by atoms with E-state index >= 15 is 0 Å². The van der Waals surface area contributed by atoms with E-state index < -0.39 is 5.97 Å².